The van der Waals surface area contributed by atoms with E-state index >= 15 is 0 Å². The van der Waals surface area contributed by atoms with Crippen LogP contribution in [0.2, 0.25) is 0 Å². The summed E-state index contributed by atoms with van der Waals surface area (Å²) in [6, 6.07) is 0.308. The highest BCUT2D eigenvalue weighted by Crippen LogP contribution is 2.30. The molecule has 98 valence electrons. The molecule has 2 aliphatic heterocycles. The second kappa shape index (κ2) is 4.46. The third kappa shape index (κ3) is 2.55. The molecule has 3 atom stereocenters. The molecule has 2 heterocycles. The Morgan fingerprint density at radius 2 is 2.06 bits per heavy atom. The number of rotatable bonds is 1. The lowest BCUT2D eigenvalue weighted by molar-refractivity contribution is -0.000439. The highest BCUT2D eigenvalue weighted by molar-refractivity contribution is 5.70. The van der Waals surface area contributed by atoms with Crippen LogP contribution >= 0.6 is 0 Å². The molecule has 5 heteroatoms. The van der Waals surface area contributed by atoms with Crippen molar-refractivity contribution in [2.75, 3.05) is 20.2 Å². The van der Waals surface area contributed by atoms with Crippen LogP contribution in [0.25, 0.3) is 0 Å². The first-order valence-corrected chi connectivity index (χ1v) is 6.17. The second-order valence-corrected chi connectivity index (χ2v) is 5.78. The number of hydrogen-bond acceptors (Lipinski definition) is 4. The molecule has 0 aromatic heterocycles. The Bertz CT molecular complexity index is 301. The summed E-state index contributed by atoms with van der Waals surface area (Å²) < 4.78 is 10.9. The van der Waals surface area contributed by atoms with Crippen LogP contribution in [0.4, 0.5) is 4.79 Å². The van der Waals surface area contributed by atoms with Crippen molar-refractivity contribution < 1.29 is 14.3 Å². The number of nitrogens with one attached hydrogen (secondary N) is 1. The summed E-state index contributed by atoms with van der Waals surface area (Å²) in [5.41, 5.74) is -0.441. The third-order valence-corrected chi connectivity index (χ3v) is 3.32. The van der Waals surface area contributed by atoms with Crippen molar-refractivity contribution in [2.45, 2.75) is 51.0 Å². The van der Waals surface area contributed by atoms with Gasteiger partial charge in [0, 0.05) is 20.2 Å². The Morgan fingerprint density at radius 3 is 2.65 bits per heavy atom. The van der Waals surface area contributed by atoms with Crippen LogP contribution in [-0.2, 0) is 9.47 Å². The lowest BCUT2D eigenvalue weighted by Gasteiger charge is -2.36. The van der Waals surface area contributed by atoms with E-state index < -0.39 is 5.60 Å². The van der Waals surface area contributed by atoms with E-state index in [0.29, 0.717) is 0 Å². The van der Waals surface area contributed by atoms with Crippen LogP contribution in [0.3, 0.4) is 0 Å². The van der Waals surface area contributed by atoms with Crippen LogP contribution in [0, 0.1) is 0 Å². The molecule has 5 nitrogen and oxygen atoms in total. The largest absolute Gasteiger partial charge is 0.444 e. The van der Waals surface area contributed by atoms with Crippen molar-refractivity contribution in [3.63, 3.8) is 0 Å². The lowest BCUT2D eigenvalue weighted by atomic mass is 10.1. The summed E-state index contributed by atoms with van der Waals surface area (Å²) >= 11 is 0. The van der Waals surface area contributed by atoms with Crippen LogP contribution in [0.15, 0.2) is 0 Å². The molecule has 3 unspecified atom stereocenters. The average molecular weight is 242 g/mol. The molecule has 0 aromatic carbocycles. The minimum atomic E-state index is -0.441. The minimum Gasteiger partial charge on any atom is -0.444 e. The molecule has 0 spiro atoms. The summed E-state index contributed by atoms with van der Waals surface area (Å²) in [5.74, 6) is 0. The van der Waals surface area contributed by atoms with Gasteiger partial charge in [-0.05, 0) is 27.2 Å². The van der Waals surface area contributed by atoms with E-state index in [2.05, 4.69) is 5.32 Å². The normalized spacial score (nSPS) is 32.7. The first kappa shape index (κ1) is 12.6. The summed E-state index contributed by atoms with van der Waals surface area (Å²) in [7, 11) is 1.71. The van der Waals surface area contributed by atoms with Crippen LogP contribution in [0.5, 0.6) is 0 Å². The molecular weight excluding hydrogens is 220 g/mol. The molecule has 2 aliphatic rings. The monoisotopic (exact) mass is 242 g/mol. The number of piperazine rings is 1. The number of carbonyl (C=O) groups excluding carboxylic acids is 1. The number of methoxy groups -OCH3 is 1. The number of carbonyl (C=O) groups is 1. The topological polar surface area (TPSA) is 50.8 Å². The predicted molar refractivity (Wildman–Crippen MR) is 63.9 cm³/mol. The molecule has 0 aliphatic carbocycles. The van der Waals surface area contributed by atoms with Crippen LogP contribution < -0.4 is 5.32 Å². The Balaban J connectivity index is 2.08. The zero-order chi connectivity index (χ0) is 12.6. The van der Waals surface area contributed by atoms with Crippen molar-refractivity contribution in [1.82, 2.24) is 10.2 Å². The maximum Gasteiger partial charge on any atom is 0.410 e. The van der Waals surface area contributed by atoms with Gasteiger partial charge in [0.2, 0.25) is 0 Å². The number of nitrogens with zero attached hydrogens (tertiary/aromatic N) is 1. The van der Waals surface area contributed by atoms with Crippen molar-refractivity contribution in [3.05, 3.63) is 0 Å². The van der Waals surface area contributed by atoms with E-state index in [4.69, 9.17) is 9.47 Å². The number of ether oxygens (including phenoxy) is 2. The van der Waals surface area contributed by atoms with E-state index in [1.165, 1.54) is 0 Å². The molecule has 2 bridgehead atoms. The maximum absolute atomic E-state index is 12.2. The molecular formula is C12H22N2O3. The van der Waals surface area contributed by atoms with E-state index in [1.807, 2.05) is 25.7 Å². The standard InChI is InChI=1S/C12H22N2O3/c1-12(2,3)17-11(15)14-8-5-10(16-4)9(14)7-13-6-8/h8-10,13H,5-7H2,1-4H3. The Hall–Kier alpha value is -0.810. The SMILES string of the molecule is COC1CC2CNCC1N2C(=O)OC(C)(C)C. The molecule has 1 N–H and O–H groups in total. The fourth-order valence-corrected chi connectivity index (χ4v) is 2.65. The highest BCUT2D eigenvalue weighted by atomic mass is 16.6. The van der Waals surface area contributed by atoms with Crippen LogP contribution in [0.1, 0.15) is 27.2 Å². The van der Waals surface area contributed by atoms with Crippen molar-refractivity contribution in [2.24, 2.45) is 0 Å². The minimum absolute atomic E-state index is 0.105. The first-order chi connectivity index (χ1) is 7.92. The quantitative estimate of drug-likeness (QED) is 0.745. The van der Waals surface area contributed by atoms with Gasteiger partial charge in [0.05, 0.1) is 18.2 Å². The van der Waals surface area contributed by atoms with Gasteiger partial charge in [-0.15, -0.1) is 0 Å². The zero-order valence-corrected chi connectivity index (χ0v) is 11.0. The van der Waals surface area contributed by atoms with Gasteiger partial charge in [0.15, 0.2) is 0 Å². The van der Waals surface area contributed by atoms with E-state index in [0.717, 1.165) is 19.5 Å². The molecule has 2 fully saturated rings. The van der Waals surface area contributed by atoms with Gasteiger partial charge in [-0.1, -0.05) is 0 Å². The Kier molecular flexibility index (Phi) is 3.32. The van der Waals surface area contributed by atoms with Gasteiger partial charge >= 0.3 is 6.09 Å². The molecule has 2 rings (SSSR count). The highest BCUT2D eigenvalue weighted by Gasteiger charge is 2.47. The second-order valence-electron chi connectivity index (χ2n) is 5.78. The van der Waals surface area contributed by atoms with Gasteiger partial charge < -0.3 is 14.8 Å². The summed E-state index contributed by atoms with van der Waals surface area (Å²) in [5, 5.41) is 3.33. The lowest BCUT2D eigenvalue weighted by Crippen LogP contribution is -2.56. The number of hydrogen-bond donors (Lipinski definition) is 1. The molecule has 0 radical (unpaired) electrons. The van der Waals surface area contributed by atoms with E-state index in [-0.39, 0.29) is 24.3 Å². The van der Waals surface area contributed by atoms with Crippen LogP contribution in [-0.4, -0.2) is 55.0 Å². The maximum atomic E-state index is 12.2. The van der Waals surface area contributed by atoms with Gasteiger partial charge in [-0.3, -0.25) is 4.90 Å². The molecule has 1 amide bonds. The molecule has 17 heavy (non-hydrogen) atoms. The molecule has 0 aromatic rings. The number of fused-ring (bicyclic) bond motifs is 2. The first-order valence-electron chi connectivity index (χ1n) is 6.17. The van der Waals surface area contributed by atoms with E-state index in [9.17, 15) is 4.79 Å². The van der Waals surface area contributed by atoms with Gasteiger partial charge in [0.25, 0.3) is 0 Å². The van der Waals surface area contributed by atoms with Crippen molar-refractivity contribution in [1.29, 1.82) is 0 Å². The average Bonchev–Trinajstić information content (AvgIpc) is 2.43. The fraction of sp³-hybridized carbons (Fsp3) is 0.917. The number of amides is 1. The van der Waals surface area contributed by atoms with Gasteiger partial charge in [0.1, 0.15) is 5.60 Å². The zero-order valence-electron chi connectivity index (χ0n) is 11.0. The third-order valence-electron chi connectivity index (χ3n) is 3.32. The van der Waals surface area contributed by atoms with Gasteiger partial charge in [-0.25, -0.2) is 4.79 Å². The van der Waals surface area contributed by atoms with Crippen molar-refractivity contribution in [3.8, 4) is 0 Å². The summed E-state index contributed by atoms with van der Waals surface area (Å²) in [4.78, 5) is 14.0. The Morgan fingerprint density at radius 1 is 1.35 bits per heavy atom. The smallest absolute Gasteiger partial charge is 0.410 e. The van der Waals surface area contributed by atoms with Gasteiger partial charge in [-0.2, -0.15) is 0 Å². The molecule has 0 saturated carbocycles. The predicted octanol–water partition coefficient (Wildman–Crippen LogP) is 0.983. The molecule has 2 saturated heterocycles. The summed E-state index contributed by atoms with van der Waals surface area (Å²) in [6.07, 6.45) is 0.809. The Labute approximate surface area is 102 Å². The summed E-state index contributed by atoms with van der Waals surface area (Å²) in [6.45, 7) is 7.29. The van der Waals surface area contributed by atoms with E-state index in [1.54, 1.807) is 7.11 Å². The fourth-order valence-electron chi connectivity index (χ4n) is 2.65. The van der Waals surface area contributed by atoms with Crippen molar-refractivity contribution >= 4 is 6.09 Å².